The van der Waals surface area contributed by atoms with Crippen molar-refractivity contribution in [3.05, 3.63) is 23.9 Å². The van der Waals surface area contributed by atoms with Crippen molar-refractivity contribution in [2.45, 2.75) is 25.4 Å². The number of aromatic nitrogens is 1. The molecule has 18 heavy (non-hydrogen) atoms. The molecule has 4 nitrogen and oxygen atoms in total. The molecule has 3 rings (SSSR count). The Hall–Kier alpha value is -1.13. The van der Waals surface area contributed by atoms with Gasteiger partial charge >= 0.3 is 0 Å². The summed E-state index contributed by atoms with van der Waals surface area (Å²) in [5, 5.41) is 3.52. The summed E-state index contributed by atoms with van der Waals surface area (Å²) in [6, 6.07) is 6.72. The molecule has 2 saturated heterocycles. The lowest BCUT2D eigenvalue weighted by Gasteiger charge is -2.36. The smallest absolute Gasteiger partial charge is 0.213 e. The predicted octanol–water partition coefficient (Wildman–Crippen LogP) is 1.27. The predicted molar refractivity (Wildman–Crippen MR) is 70.6 cm³/mol. The van der Waals surface area contributed by atoms with Crippen LogP contribution in [0, 0.1) is 5.92 Å². The second-order valence-corrected chi connectivity index (χ2v) is 5.27. The van der Waals surface area contributed by atoms with Crippen LogP contribution in [0.15, 0.2) is 18.2 Å². The molecule has 0 spiro atoms. The minimum Gasteiger partial charge on any atom is -0.481 e. The van der Waals surface area contributed by atoms with Crippen molar-refractivity contribution >= 4 is 0 Å². The van der Waals surface area contributed by atoms with E-state index >= 15 is 0 Å². The molecule has 3 heterocycles. The van der Waals surface area contributed by atoms with Crippen LogP contribution in [0.5, 0.6) is 5.88 Å². The maximum Gasteiger partial charge on any atom is 0.213 e. The van der Waals surface area contributed by atoms with E-state index < -0.39 is 0 Å². The largest absolute Gasteiger partial charge is 0.481 e. The lowest BCUT2D eigenvalue weighted by Crippen LogP contribution is -2.44. The zero-order valence-corrected chi connectivity index (χ0v) is 10.9. The number of likely N-dealkylation sites (tertiary alicyclic amines) is 1. The van der Waals surface area contributed by atoms with Gasteiger partial charge in [-0.25, -0.2) is 4.98 Å². The van der Waals surface area contributed by atoms with Crippen LogP contribution >= 0.6 is 0 Å². The van der Waals surface area contributed by atoms with E-state index in [2.05, 4.69) is 21.3 Å². The fourth-order valence-electron chi connectivity index (χ4n) is 3.23. The Balaban J connectivity index is 1.70. The Labute approximate surface area is 108 Å². The summed E-state index contributed by atoms with van der Waals surface area (Å²) in [4.78, 5) is 7.09. The van der Waals surface area contributed by atoms with E-state index in [0.29, 0.717) is 11.9 Å². The van der Waals surface area contributed by atoms with E-state index in [1.54, 1.807) is 7.11 Å². The lowest BCUT2D eigenvalue weighted by atomic mass is 9.92. The first-order chi connectivity index (χ1) is 8.86. The fourth-order valence-corrected chi connectivity index (χ4v) is 3.23. The fraction of sp³-hybridized carbons (Fsp3) is 0.643. The highest BCUT2D eigenvalue weighted by Crippen LogP contribution is 2.27. The van der Waals surface area contributed by atoms with E-state index in [1.807, 2.05) is 12.1 Å². The van der Waals surface area contributed by atoms with Crippen LogP contribution in [-0.2, 0) is 6.54 Å². The summed E-state index contributed by atoms with van der Waals surface area (Å²) in [7, 11) is 1.67. The standard InChI is InChI=1S/C14H21N3O/c1-18-14-6-2-5-12(16-14)10-17-7-3-4-11-8-15-9-13(11)17/h2,5-6,11,13,15H,3-4,7-10H2,1H3. The van der Waals surface area contributed by atoms with Gasteiger partial charge in [-0.05, 0) is 37.9 Å². The highest BCUT2D eigenvalue weighted by Gasteiger charge is 2.34. The molecule has 2 aliphatic heterocycles. The molecule has 0 saturated carbocycles. The zero-order chi connectivity index (χ0) is 12.4. The number of methoxy groups -OCH3 is 1. The second kappa shape index (κ2) is 5.24. The normalized spacial score (nSPS) is 28.1. The highest BCUT2D eigenvalue weighted by atomic mass is 16.5. The monoisotopic (exact) mass is 247 g/mol. The molecule has 0 bridgehead atoms. The lowest BCUT2D eigenvalue weighted by molar-refractivity contribution is 0.116. The SMILES string of the molecule is COc1cccc(CN2CCCC3CNCC32)n1. The van der Waals surface area contributed by atoms with Gasteiger partial charge in [0.2, 0.25) is 5.88 Å². The molecule has 0 aromatic carbocycles. The molecule has 2 unspecified atom stereocenters. The van der Waals surface area contributed by atoms with Crippen LogP contribution < -0.4 is 10.1 Å². The van der Waals surface area contributed by atoms with Crippen LogP contribution in [0.3, 0.4) is 0 Å². The molecule has 0 aliphatic carbocycles. The first-order valence-electron chi connectivity index (χ1n) is 6.81. The maximum atomic E-state index is 5.19. The van der Waals surface area contributed by atoms with Crippen molar-refractivity contribution in [2.75, 3.05) is 26.7 Å². The van der Waals surface area contributed by atoms with Crippen molar-refractivity contribution in [1.82, 2.24) is 15.2 Å². The summed E-state index contributed by atoms with van der Waals surface area (Å²) < 4.78 is 5.19. The van der Waals surface area contributed by atoms with Gasteiger partial charge in [0, 0.05) is 25.2 Å². The van der Waals surface area contributed by atoms with Gasteiger partial charge in [0.05, 0.1) is 12.8 Å². The Morgan fingerprint density at radius 2 is 2.39 bits per heavy atom. The summed E-state index contributed by atoms with van der Waals surface area (Å²) >= 11 is 0. The van der Waals surface area contributed by atoms with Crippen LogP contribution in [0.4, 0.5) is 0 Å². The van der Waals surface area contributed by atoms with E-state index in [-0.39, 0.29) is 0 Å². The van der Waals surface area contributed by atoms with E-state index in [1.165, 1.54) is 25.9 Å². The van der Waals surface area contributed by atoms with Crippen LogP contribution in [0.25, 0.3) is 0 Å². The Morgan fingerprint density at radius 3 is 3.28 bits per heavy atom. The number of nitrogens with one attached hydrogen (secondary N) is 1. The molecule has 0 amide bonds. The molecular formula is C14H21N3O. The van der Waals surface area contributed by atoms with Crippen molar-refractivity contribution < 1.29 is 4.74 Å². The number of pyridine rings is 1. The van der Waals surface area contributed by atoms with Gasteiger partial charge in [-0.15, -0.1) is 0 Å². The average Bonchev–Trinajstić information content (AvgIpc) is 2.88. The Kier molecular flexibility index (Phi) is 3.48. The highest BCUT2D eigenvalue weighted by molar-refractivity contribution is 5.16. The van der Waals surface area contributed by atoms with E-state index in [0.717, 1.165) is 24.7 Å². The first-order valence-corrected chi connectivity index (χ1v) is 6.81. The van der Waals surface area contributed by atoms with Crippen molar-refractivity contribution in [1.29, 1.82) is 0 Å². The maximum absolute atomic E-state index is 5.19. The molecule has 1 N–H and O–H groups in total. The minimum absolute atomic E-state index is 0.701. The van der Waals surface area contributed by atoms with Crippen LogP contribution in [-0.4, -0.2) is 42.7 Å². The third kappa shape index (κ3) is 2.35. The molecule has 1 aromatic heterocycles. The van der Waals surface area contributed by atoms with Crippen LogP contribution in [0.1, 0.15) is 18.5 Å². The Bertz CT molecular complexity index is 410. The number of fused-ring (bicyclic) bond motifs is 1. The summed E-state index contributed by atoms with van der Waals surface area (Å²) in [6.07, 6.45) is 2.69. The number of hydrogen-bond acceptors (Lipinski definition) is 4. The topological polar surface area (TPSA) is 37.4 Å². The molecule has 2 fully saturated rings. The molecular weight excluding hydrogens is 226 g/mol. The Morgan fingerprint density at radius 1 is 1.44 bits per heavy atom. The van der Waals surface area contributed by atoms with Gasteiger partial charge < -0.3 is 10.1 Å². The van der Waals surface area contributed by atoms with Gasteiger partial charge in [-0.1, -0.05) is 6.07 Å². The number of nitrogens with zero attached hydrogens (tertiary/aromatic N) is 2. The number of rotatable bonds is 3. The molecule has 4 heteroatoms. The molecule has 98 valence electrons. The third-order valence-corrected chi connectivity index (χ3v) is 4.15. The van der Waals surface area contributed by atoms with Gasteiger partial charge in [-0.3, -0.25) is 4.90 Å². The van der Waals surface area contributed by atoms with Gasteiger partial charge in [0.1, 0.15) is 0 Å². The van der Waals surface area contributed by atoms with E-state index in [9.17, 15) is 0 Å². The zero-order valence-electron chi connectivity index (χ0n) is 10.9. The van der Waals surface area contributed by atoms with Gasteiger partial charge in [0.25, 0.3) is 0 Å². The third-order valence-electron chi connectivity index (χ3n) is 4.15. The minimum atomic E-state index is 0.701. The summed E-state index contributed by atoms with van der Waals surface area (Å²) in [5.74, 6) is 1.55. The first kappa shape index (κ1) is 11.9. The number of piperidine rings is 1. The molecule has 2 atom stereocenters. The number of ether oxygens (including phenoxy) is 1. The summed E-state index contributed by atoms with van der Waals surface area (Å²) in [5.41, 5.74) is 1.11. The molecule has 2 aliphatic rings. The van der Waals surface area contributed by atoms with Crippen molar-refractivity contribution in [2.24, 2.45) is 5.92 Å². The van der Waals surface area contributed by atoms with Crippen molar-refractivity contribution in [3.8, 4) is 5.88 Å². The molecule has 1 aromatic rings. The van der Waals surface area contributed by atoms with Crippen LogP contribution in [0.2, 0.25) is 0 Å². The van der Waals surface area contributed by atoms with Crippen molar-refractivity contribution in [3.63, 3.8) is 0 Å². The average molecular weight is 247 g/mol. The number of hydrogen-bond donors (Lipinski definition) is 1. The molecule has 0 radical (unpaired) electrons. The van der Waals surface area contributed by atoms with E-state index in [4.69, 9.17) is 4.74 Å². The van der Waals surface area contributed by atoms with Gasteiger partial charge in [-0.2, -0.15) is 0 Å². The quantitative estimate of drug-likeness (QED) is 0.873. The second-order valence-electron chi connectivity index (χ2n) is 5.27. The van der Waals surface area contributed by atoms with Gasteiger partial charge in [0.15, 0.2) is 0 Å². The summed E-state index contributed by atoms with van der Waals surface area (Å²) in [6.45, 7) is 4.46.